The Morgan fingerprint density at radius 3 is 0.758 bits per heavy atom. The number of benzene rings is 8. The molecule has 8 aromatic rings. The zero-order valence-corrected chi connectivity index (χ0v) is 34.5. The van der Waals surface area contributed by atoms with Crippen molar-refractivity contribution in [2.24, 2.45) is 0 Å². The molecule has 6 heteroatoms. The van der Waals surface area contributed by atoms with Gasteiger partial charge < -0.3 is 19.3 Å². The summed E-state index contributed by atoms with van der Waals surface area (Å²) in [7, 11) is 2.77. The van der Waals surface area contributed by atoms with E-state index in [2.05, 4.69) is 119 Å². The van der Waals surface area contributed by atoms with Gasteiger partial charge >= 0.3 is 11.9 Å². The van der Waals surface area contributed by atoms with Gasteiger partial charge in [0.05, 0.1) is 25.3 Å². The molecule has 0 unspecified atom stereocenters. The molecule has 0 heterocycles. The third-order valence-electron chi connectivity index (χ3n) is 10.6. The molecule has 6 nitrogen and oxygen atoms in total. The van der Waals surface area contributed by atoms with Crippen LogP contribution in [0.25, 0.3) is 11.1 Å². The number of para-hydroxylation sites is 4. The minimum atomic E-state index is -0.396. The van der Waals surface area contributed by atoms with Crippen molar-refractivity contribution in [3.05, 3.63) is 264 Å². The number of hydrogen-bond donors (Lipinski definition) is 0. The van der Waals surface area contributed by atoms with Crippen LogP contribution in [0.5, 0.6) is 0 Å². The Morgan fingerprint density at radius 2 is 0.516 bits per heavy atom. The quantitative estimate of drug-likeness (QED) is 0.0854. The molecule has 0 fully saturated rings. The molecule has 0 aromatic heterocycles. The largest absolute Gasteiger partial charge is 0.465 e. The molecule has 0 saturated heterocycles. The first-order valence-corrected chi connectivity index (χ1v) is 20.3. The number of hydrogen-bond acceptors (Lipinski definition) is 6. The predicted molar refractivity (Wildman–Crippen MR) is 252 cm³/mol. The summed E-state index contributed by atoms with van der Waals surface area (Å²) < 4.78 is 10.0. The maximum Gasteiger partial charge on any atom is 0.337 e. The predicted octanol–water partition coefficient (Wildman–Crippen LogP) is 13.8. The highest BCUT2D eigenvalue weighted by atomic mass is 16.5. The van der Waals surface area contributed by atoms with E-state index in [1.54, 1.807) is 24.3 Å². The molecule has 8 rings (SSSR count). The maximum atomic E-state index is 12.5. The number of anilines is 6. The van der Waals surface area contributed by atoms with Gasteiger partial charge in [0.1, 0.15) is 0 Å². The molecular weight excluding hydrogens is 765 g/mol. The highest BCUT2D eigenvalue weighted by Crippen LogP contribution is 2.38. The number of ether oxygens (including phenoxy) is 2. The van der Waals surface area contributed by atoms with E-state index in [1.165, 1.54) is 14.2 Å². The summed E-state index contributed by atoms with van der Waals surface area (Å²) in [5.74, 6) is -0.792. The number of rotatable bonds is 13. The Bertz CT molecular complexity index is 2510. The average Bonchev–Trinajstić information content (AvgIpc) is 3.35. The average molecular weight is 809 g/mol. The van der Waals surface area contributed by atoms with Crippen LogP contribution < -0.4 is 9.80 Å². The topological polar surface area (TPSA) is 59.1 Å². The summed E-state index contributed by atoms with van der Waals surface area (Å²) >= 11 is 0. The molecular formula is C56H44N2O4. The Kier molecular flexibility index (Phi) is 12.6. The summed E-state index contributed by atoms with van der Waals surface area (Å²) in [4.78, 5) is 29.4. The Balaban J connectivity index is 1.25. The van der Waals surface area contributed by atoms with Gasteiger partial charge in [0, 0.05) is 34.1 Å². The molecule has 0 atom stereocenters. The van der Waals surface area contributed by atoms with E-state index in [9.17, 15) is 9.59 Å². The first kappa shape index (κ1) is 40.6. The standard InChI is InChI=1S/C56H44N2O4/c1-61-55(59)45-27-23-41(24-28-45)53(43-31-35-51(36-32-43)57(47-15-7-3-8-16-47)48-17-9-4-10-18-48)39-40-54(42-25-29-46(30-26-42)56(60)62-2)44-33-37-52(38-34-44)58(49-19-11-5-12-20-49)50-21-13-6-14-22-50/h3-40H,1-2H3/b53-39-,54-40+. The summed E-state index contributed by atoms with van der Waals surface area (Å²) in [5, 5.41) is 0. The molecule has 0 spiro atoms. The highest BCUT2D eigenvalue weighted by Gasteiger charge is 2.16. The number of methoxy groups -OCH3 is 2. The van der Waals surface area contributed by atoms with Crippen molar-refractivity contribution in [3.63, 3.8) is 0 Å². The van der Waals surface area contributed by atoms with Crippen molar-refractivity contribution >= 4 is 57.2 Å². The zero-order valence-electron chi connectivity index (χ0n) is 34.5. The molecule has 0 saturated carbocycles. The number of esters is 2. The van der Waals surface area contributed by atoms with Gasteiger partial charge in [-0.25, -0.2) is 9.59 Å². The zero-order chi connectivity index (χ0) is 42.7. The normalized spacial score (nSPS) is 11.4. The van der Waals surface area contributed by atoms with E-state index in [1.807, 2.05) is 97.1 Å². The molecule has 302 valence electrons. The number of carbonyl (C=O) groups excluding carboxylic acids is 2. The number of carbonyl (C=O) groups is 2. The molecule has 0 bridgehead atoms. The number of nitrogens with zero attached hydrogens (tertiary/aromatic N) is 2. The van der Waals surface area contributed by atoms with Crippen LogP contribution in [0, 0.1) is 0 Å². The molecule has 0 aliphatic heterocycles. The van der Waals surface area contributed by atoms with Crippen LogP contribution >= 0.6 is 0 Å². The SMILES string of the molecule is COC(=O)c1ccc(/C(=C/C=C(\c2ccc(C(=O)OC)cc2)c2ccc(N(c3ccccc3)c3ccccc3)cc2)c2ccc(N(c3ccccc3)c3ccccc3)cc2)cc1. The van der Waals surface area contributed by atoms with Gasteiger partial charge in [-0.15, -0.1) is 0 Å². The molecule has 0 amide bonds. The lowest BCUT2D eigenvalue weighted by Crippen LogP contribution is -2.09. The summed E-state index contributed by atoms with van der Waals surface area (Å²) in [6.45, 7) is 0. The third kappa shape index (κ3) is 9.15. The van der Waals surface area contributed by atoms with E-state index in [0.717, 1.165) is 67.5 Å². The summed E-state index contributed by atoms with van der Waals surface area (Å²) in [5.41, 5.74) is 12.8. The van der Waals surface area contributed by atoms with Crippen molar-refractivity contribution < 1.29 is 19.1 Å². The molecule has 62 heavy (non-hydrogen) atoms. The van der Waals surface area contributed by atoms with Crippen LogP contribution in [0.4, 0.5) is 34.1 Å². The molecule has 8 aromatic carbocycles. The van der Waals surface area contributed by atoms with Crippen molar-refractivity contribution in [3.8, 4) is 0 Å². The Hall–Kier alpha value is -8.22. The number of allylic oxidation sites excluding steroid dienone is 2. The highest BCUT2D eigenvalue weighted by molar-refractivity contribution is 5.93. The van der Waals surface area contributed by atoms with Gasteiger partial charge in [0.2, 0.25) is 0 Å². The van der Waals surface area contributed by atoms with Gasteiger partial charge in [0.25, 0.3) is 0 Å². The molecule has 0 aliphatic rings. The van der Waals surface area contributed by atoms with Gasteiger partial charge in [-0.2, -0.15) is 0 Å². The second-order valence-corrected chi connectivity index (χ2v) is 14.4. The van der Waals surface area contributed by atoms with E-state index >= 15 is 0 Å². The summed E-state index contributed by atoms with van der Waals surface area (Å²) in [6, 6.07) is 73.2. The fourth-order valence-corrected chi connectivity index (χ4v) is 7.48. The Labute approximate surface area is 362 Å². The monoisotopic (exact) mass is 808 g/mol. The minimum absolute atomic E-state index is 0.396. The van der Waals surface area contributed by atoms with Crippen LogP contribution in [0.2, 0.25) is 0 Å². The second-order valence-electron chi connectivity index (χ2n) is 14.4. The van der Waals surface area contributed by atoms with E-state index in [-0.39, 0.29) is 0 Å². The van der Waals surface area contributed by atoms with Gasteiger partial charge in [-0.3, -0.25) is 0 Å². The van der Waals surface area contributed by atoms with E-state index in [4.69, 9.17) is 9.47 Å². The lowest BCUT2D eigenvalue weighted by molar-refractivity contribution is 0.0592. The first-order chi connectivity index (χ1) is 30.5. The van der Waals surface area contributed by atoms with Gasteiger partial charge in [-0.1, -0.05) is 133 Å². The van der Waals surface area contributed by atoms with Crippen molar-refractivity contribution in [1.82, 2.24) is 0 Å². The van der Waals surface area contributed by atoms with Crippen molar-refractivity contribution in [2.45, 2.75) is 0 Å². The Morgan fingerprint density at radius 1 is 0.306 bits per heavy atom. The molecule has 0 N–H and O–H groups in total. The van der Waals surface area contributed by atoms with E-state index in [0.29, 0.717) is 11.1 Å². The molecule has 0 aliphatic carbocycles. The first-order valence-electron chi connectivity index (χ1n) is 20.3. The fourth-order valence-electron chi connectivity index (χ4n) is 7.48. The van der Waals surface area contributed by atoms with Gasteiger partial charge in [-0.05, 0) is 130 Å². The minimum Gasteiger partial charge on any atom is -0.465 e. The van der Waals surface area contributed by atoms with Crippen molar-refractivity contribution in [1.29, 1.82) is 0 Å². The lowest BCUT2D eigenvalue weighted by atomic mass is 9.93. The van der Waals surface area contributed by atoms with Crippen LogP contribution in [-0.4, -0.2) is 26.2 Å². The maximum absolute atomic E-state index is 12.5. The van der Waals surface area contributed by atoms with Crippen LogP contribution in [-0.2, 0) is 9.47 Å². The smallest absolute Gasteiger partial charge is 0.337 e. The van der Waals surface area contributed by atoms with Gasteiger partial charge in [0.15, 0.2) is 0 Å². The third-order valence-corrected chi connectivity index (χ3v) is 10.6. The van der Waals surface area contributed by atoms with Crippen LogP contribution in [0.15, 0.2) is 231 Å². The fraction of sp³-hybridized carbons (Fsp3) is 0.0357. The van der Waals surface area contributed by atoms with Crippen molar-refractivity contribution in [2.75, 3.05) is 24.0 Å². The van der Waals surface area contributed by atoms with Crippen LogP contribution in [0.3, 0.4) is 0 Å². The second kappa shape index (κ2) is 19.2. The molecule has 0 radical (unpaired) electrons. The lowest BCUT2D eigenvalue weighted by Gasteiger charge is -2.25. The summed E-state index contributed by atoms with van der Waals surface area (Å²) in [6.07, 6.45) is 4.23. The van der Waals surface area contributed by atoms with E-state index < -0.39 is 11.9 Å². The van der Waals surface area contributed by atoms with Crippen LogP contribution in [0.1, 0.15) is 43.0 Å².